The number of carbonyl (C=O) groups excluding carboxylic acids is 3. The third kappa shape index (κ3) is 5.21. The van der Waals surface area contributed by atoms with Crippen LogP contribution in [0.2, 0.25) is 0 Å². The van der Waals surface area contributed by atoms with Gasteiger partial charge in [-0.2, -0.15) is 0 Å². The van der Waals surface area contributed by atoms with Gasteiger partial charge in [-0.05, 0) is 54.3 Å². The number of benzene rings is 2. The van der Waals surface area contributed by atoms with Gasteiger partial charge in [0.1, 0.15) is 0 Å². The number of hydrogen-bond donors (Lipinski definition) is 1. The number of aromatic nitrogens is 1. The minimum absolute atomic E-state index is 0.100. The number of nitrogens with zero attached hydrogens (tertiary/aromatic N) is 1. The molecule has 1 aliphatic rings. The van der Waals surface area contributed by atoms with Crippen molar-refractivity contribution in [3.8, 4) is 11.1 Å². The normalized spacial score (nSPS) is 14.5. The lowest BCUT2D eigenvalue weighted by atomic mass is 9.87. The van der Waals surface area contributed by atoms with Gasteiger partial charge in [-0.25, -0.2) is 0 Å². The zero-order chi connectivity index (χ0) is 26.5. The lowest BCUT2D eigenvalue weighted by molar-refractivity contribution is -0.121. The summed E-state index contributed by atoms with van der Waals surface area (Å²) in [6.45, 7) is 3.52. The van der Waals surface area contributed by atoms with Crippen molar-refractivity contribution < 1.29 is 23.9 Å². The molecule has 0 saturated heterocycles. The fraction of sp³-hybridized carbons (Fsp3) is 0.200. The van der Waals surface area contributed by atoms with Gasteiger partial charge in [0, 0.05) is 35.5 Å². The van der Waals surface area contributed by atoms with Crippen molar-refractivity contribution in [1.82, 2.24) is 10.3 Å². The lowest BCUT2D eigenvalue weighted by Gasteiger charge is -2.21. The number of ketones is 2. The molecule has 0 aliphatic heterocycles. The second-order valence-electron chi connectivity index (χ2n) is 8.73. The van der Waals surface area contributed by atoms with Crippen LogP contribution >= 0.6 is 0 Å². The number of carbonyl (C=O) groups is 3. The van der Waals surface area contributed by atoms with Crippen molar-refractivity contribution in [1.29, 1.82) is 0 Å². The maximum absolute atomic E-state index is 13.5. The van der Waals surface area contributed by atoms with Gasteiger partial charge in [-0.3, -0.25) is 19.4 Å². The van der Waals surface area contributed by atoms with Gasteiger partial charge in [0.2, 0.25) is 23.1 Å². The Labute approximate surface area is 215 Å². The SMILES string of the molecule is COC1=C(OC)C(=O)C(Cc2ccc(-c3ccncc3)c(C(=O)N[C@@H](C)c3ccccc3)c2)=C(C)C1=O. The van der Waals surface area contributed by atoms with Crippen LogP contribution in [0.5, 0.6) is 0 Å². The molecule has 0 saturated carbocycles. The van der Waals surface area contributed by atoms with Crippen molar-refractivity contribution in [3.05, 3.63) is 112 Å². The molecule has 1 N–H and O–H groups in total. The Hall–Kier alpha value is -4.52. The Morgan fingerprint density at radius 1 is 0.919 bits per heavy atom. The minimum atomic E-state index is -0.404. The van der Waals surface area contributed by atoms with Crippen LogP contribution < -0.4 is 5.32 Å². The molecular weight excluding hydrogens is 468 g/mol. The van der Waals surface area contributed by atoms with E-state index in [2.05, 4.69) is 10.3 Å². The Morgan fingerprint density at radius 3 is 2.22 bits per heavy atom. The van der Waals surface area contributed by atoms with Gasteiger partial charge in [0.15, 0.2) is 0 Å². The first-order chi connectivity index (χ1) is 17.8. The van der Waals surface area contributed by atoms with E-state index in [1.165, 1.54) is 14.2 Å². The predicted octanol–water partition coefficient (Wildman–Crippen LogP) is 4.75. The van der Waals surface area contributed by atoms with Gasteiger partial charge in [-0.15, -0.1) is 0 Å². The fourth-order valence-corrected chi connectivity index (χ4v) is 4.38. The van der Waals surface area contributed by atoms with E-state index in [1.54, 1.807) is 25.4 Å². The number of Topliss-reactive ketones (excluding diaryl/α,β-unsaturated/α-hetero) is 2. The maximum atomic E-state index is 13.5. The van der Waals surface area contributed by atoms with Crippen LogP contribution in [-0.4, -0.2) is 36.7 Å². The summed E-state index contributed by atoms with van der Waals surface area (Å²) in [5.41, 5.74) is 4.33. The monoisotopic (exact) mass is 496 g/mol. The molecule has 0 fully saturated rings. The molecule has 3 aromatic rings. The van der Waals surface area contributed by atoms with E-state index in [9.17, 15) is 14.4 Å². The minimum Gasteiger partial charge on any atom is -0.489 e. The summed E-state index contributed by atoms with van der Waals surface area (Å²) in [6.07, 6.45) is 3.50. The topological polar surface area (TPSA) is 94.6 Å². The van der Waals surface area contributed by atoms with E-state index in [4.69, 9.17) is 9.47 Å². The van der Waals surface area contributed by atoms with E-state index in [1.807, 2.05) is 61.5 Å². The number of rotatable bonds is 8. The molecule has 1 aliphatic carbocycles. The number of pyridine rings is 1. The molecular formula is C30H28N2O5. The molecule has 0 spiro atoms. The third-order valence-corrected chi connectivity index (χ3v) is 6.44. The molecule has 7 nitrogen and oxygen atoms in total. The Bertz CT molecular complexity index is 1410. The molecule has 7 heteroatoms. The number of nitrogens with one attached hydrogen (secondary N) is 1. The highest BCUT2D eigenvalue weighted by Gasteiger charge is 2.34. The summed E-state index contributed by atoms with van der Waals surface area (Å²) >= 11 is 0. The highest BCUT2D eigenvalue weighted by Crippen LogP contribution is 2.30. The quantitative estimate of drug-likeness (QED) is 0.452. The van der Waals surface area contributed by atoms with Crippen molar-refractivity contribution in [2.75, 3.05) is 14.2 Å². The molecule has 1 amide bonds. The average Bonchev–Trinajstić information content (AvgIpc) is 2.93. The molecule has 0 unspecified atom stereocenters. The van der Waals surface area contributed by atoms with Crippen LogP contribution in [-0.2, 0) is 25.5 Å². The van der Waals surface area contributed by atoms with Gasteiger partial charge in [0.05, 0.1) is 20.3 Å². The van der Waals surface area contributed by atoms with Gasteiger partial charge < -0.3 is 14.8 Å². The number of ether oxygens (including phenoxy) is 2. The van der Waals surface area contributed by atoms with E-state index >= 15 is 0 Å². The molecule has 0 bridgehead atoms. The third-order valence-electron chi connectivity index (χ3n) is 6.44. The van der Waals surface area contributed by atoms with E-state index in [0.29, 0.717) is 22.3 Å². The molecule has 0 radical (unpaired) electrons. The highest BCUT2D eigenvalue weighted by molar-refractivity contribution is 6.23. The first-order valence-corrected chi connectivity index (χ1v) is 11.9. The average molecular weight is 497 g/mol. The smallest absolute Gasteiger partial charge is 0.252 e. The molecule has 1 atom stereocenters. The molecule has 188 valence electrons. The molecule has 37 heavy (non-hydrogen) atoms. The standard InChI is InChI=1S/C30H28N2O5/c1-18-24(27(34)29(37-4)28(36-3)26(18)33)16-20-10-11-23(22-12-14-31-15-13-22)25(17-20)30(35)32-19(2)21-8-6-5-7-9-21/h5-15,17,19H,16H2,1-4H3,(H,32,35)/t19-/m0/s1. The van der Waals surface area contributed by atoms with Crippen molar-refractivity contribution in [2.45, 2.75) is 26.3 Å². The molecule has 2 aromatic carbocycles. The van der Waals surface area contributed by atoms with Crippen LogP contribution in [0.3, 0.4) is 0 Å². The molecule has 1 heterocycles. The lowest BCUT2D eigenvalue weighted by Crippen LogP contribution is -2.27. The zero-order valence-corrected chi connectivity index (χ0v) is 21.2. The van der Waals surface area contributed by atoms with Crippen molar-refractivity contribution in [2.24, 2.45) is 0 Å². The van der Waals surface area contributed by atoms with Crippen molar-refractivity contribution >= 4 is 17.5 Å². The van der Waals surface area contributed by atoms with Crippen molar-refractivity contribution in [3.63, 3.8) is 0 Å². The zero-order valence-electron chi connectivity index (χ0n) is 21.2. The van der Waals surface area contributed by atoms with Gasteiger partial charge in [-0.1, -0.05) is 42.5 Å². The van der Waals surface area contributed by atoms with E-state index in [0.717, 1.165) is 16.7 Å². The summed E-state index contributed by atoms with van der Waals surface area (Å²) in [5.74, 6) is -1.26. The van der Waals surface area contributed by atoms with Gasteiger partial charge in [0.25, 0.3) is 5.91 Å². The second kappa shape index (κ2) is 11.0. The number of allylic oxidation sites excluding steroid dienone is 2. The van der Waals surface area contributed by atoms with E-state index < -0.39 is 11.6 Å². The summed E-state index contributed by atoms with van der Waals surface area (Å²) in [4.78, 5) is 43.5. The van der Waals surface area contributed by atoms with Crippen LogP contribution in [0.1, 0.15) is 41.4 Å². The van der Waals surface area contributed by atoms with Crippen LogP contribution in [0.15, 0.2) is 95.7 Å². The Morgan fingerprint density at radius 2 is 1.57 bits per heavy atom. The first kappa shape index (κ1) is 25.6. The van der Waals surface area contributed by atoms with E-state index in [-0.39, 0.29) is 29.9 Å². The largest absolute Gasteiger partial charge is 0.489 e. The second-order valence-corrected chi connectivity index (χ2v) is 8.73. The summed E-state index contributed by atoms with van der Waals surface area (Å²) in [7, 11) is 2.66. The fourth-order valence-electron chi connectivity index (χ4n) is 4.38. The highest BCUT2D eigenvalue weighted by atomic mass is 16.5. The van der Waals surface area contributed by atoms with Crippen LogP contribution in [0.25, 0.3) is 11.1 Å². The number of amides is 1. The number of methoxy groups -OCH3 is 2. The van der Waals surface area contributed by atoms with Crippen LogP contribution in [0, 0.1) is 0 Å². The molecule has 4 rings (SSSR count). The first-order valence-electron chi connectivity index (χ1n) is 11.9. The summed E-state index contributed by atoms with van der Waals surface area (Å²) < 4.78 is 10.3. The predicted molar refractivity (Wildman–Crippen MR) is 139 cm³/mol. The summed E-state index contributed by atoms with van der Waals surface area (Å²) in [6, 6.07) is 18.6. The number of hydrogen-bond acceptors (Lipinski definition) is 6. The maximum Gasteiger partial charge on any atom is 0.252 e. The molecule has 1 aromatic heterocycles. The summed E-state index contributed by atoms with van der Waals surface area (Å²) in [5, 5.41) is 3.08. The Kier molecular flexibility index (Phi) is 7.63. The van der Waals surface area contributed by atoms with Crippen LogP contribution in [0.4, 0.5) is 0 Å². The Balaban J connectivity index is 1.71. The van der Waals surface area contributed by atoms with Gasteiger partial charge >= 0.3 is 0 Å².